The van der Waals surface area contributed by atoms with Crippen molar-refractivity contribution in [1.82, 2.24) is 10.3 Å². The molecule has 3 rings (SSSR count). The van der Waals surface area contributed by atoms with E-state index >= 15 is 0 Å². The zero-order valence-corrected chi connectivity index (χ0v) is 17.7. The Morgan fingerprint density at radius 3 is 2.09 bits per heavy atom. The molecule has 1 aromatic heterocycles. The van der Waals surface area contributed by atoms with Crippen molar-refractivity contribution in [2.75, 3.05) is 18.0 Å². The Bertz CT molecular complexity index is 794. The van der Waals surface area contributed by atoms with Gasteiger partial charge in [-0.25, -0.2) is 19.0 Å². The number of carboxylic acids is 2. The van der Waals surface area contributed by atoms with Gasteiger partial charge >= 0.3 is 24.3 Å². The third-order valence-electron chi connectivity index (χ3n) is 4.71. The van der Waals surface area contributed by atoms with Crippen molar-refractivity contribution >= 4 is 17.8 Å². The fourth-order valence-electron chi connectivity index (χ4n) is 3.27. The third kappa shape index (κ3) is 8.33. The third-order valence-corrected chi connectivity index (χ3v) is 4.71. The summed E-state index contributed by atoms with van der Waals surface area (Å²) in [6, 6.07) is 4.87. The predicted octanol–water partition coefficient (Wildman–Crippen LogP) is 3.88. The average molecular weight is 491 g/mol. The van der Waals surface area contributed by atoms with Gasteiger partial charge in [-0.3, -0.25) is 0 Å². The van der Waals surface area contributed by atoms with Crippen LogP contribution in [0.4, 0.5) is 36.6 Å². The number of aliphatic carboxylic acids is 2. The second-order valence-corrected chi connectivity index (χ2v) is 7.35. The zero-order valence-electron chi connectivity index (χ0n) is 17.7. The number of fused-ring (bicyclic) bond motifs is 3. The van der Waals surface area contributed by atoms with E-state index in [-0.39, 0.29) is 0 Å². The standard InChI is InChI=1S/C15H22FN3.2C2HF3O2/c1-3-4-13(16)14-6-5-11-7-12-9-17-8-10(2)19(12)15(11)18-14;2*3-2(4,5)1(6)7/h5-6,10,12-13,17H,3-4,7-9H2,1-2H3;2*(H,6,7)/t10-,12-,13?;;/m1../s1. The monoisotopic (exact) mass is 491 g/mol. The van der Waals surface area contributed by atoms with E-state index in [1.54, 1.807) is 0 Å². The topological polar surface area (TPSA) is 103 Å². The first-order valence-electron chi connectivity index (χ1n) is 9.82. The van der Waals surface area contributed by atoms with Gasteiger partial charge < -0.3 is 20.4 Å². The van der Waals surface area contributed by atoms with Gasteiger partial charge in [0, 0.05) is 25.2 Å². The number of pyridine rings is 1. The number of halogens is 7. The van der Waals surface area contributed by atoms with Gasteiger partial charge in [0.2, 0.25) is 0 Å². The van der Waals surface area contributed by atoms with Gasteiger partial charge in [0.25, 0.3) is 0 Å². The van der Waals surface area contributed by atoms with E-state index in [0.29, 0.717) is 24.2 Å². The number of hydrogen-bond donors (Lipinski definition) is 3. The molecule has 2 aliphatic rings. The van der Waals surface area contributed by atoms with Gasteiger partial charge in [0.05, 0.1) is 5.69 Å². The highest BCUT2D eigenvalue weighted by Gasteiger charge is 2.39. The molecule has 3 atom stereocenters. The van der Waals surface area contributed by atoms with Crippen LogP contribution in [0.15, 0.2) is 12.1 Å². The molecule has 1 aromatic rings. The Hall–Kier alpha value is -2.64. The highest BCUT2D eigenvalue weighted by molar-refractivity contribution is 5.73. The van der Waals surface area contributed by atoms with Crippen molar-refractivity contribution in [2.45, 2.75) is 63.7 Å². The fraction of sp³-hybridized carbons (Fsp3) is 0.632. The summed E-state index contributed by atoms with van der Waals surface area (Å²) in [4.78, 5) is 24.8. The molecule has 33 heavy (non-hydrogen) atoms. The predicted molar refractivity (Wildman–Crippen MR) is 103 cm³/mol. The summed E-state index contributed by atoms with van der Waals surface area (Å²) in [5.74, 6) is -4.49. The number of nitrogens with one attached hydrogen (secondary N) is 1. The van der Waals surface area contributed by atoms with E-state index in [4.69, 9.17) is 19.8 Å². The van der Waals surface area contributed by atoms with Gasteiger partial charge in [0.1, 0.15) is 12.0 Å². The van der Waals surface area contributed by atoms with Crippen LogP contribution in [0.1, 0.15) is 44.1 Å². The normalized spacial score (nSPS) is 20.3. The summed E-state index contributed by atoms with van der Waals surface area (Å²) in [5, 5.41) is 17.7. The number of piperazine rings is 1. The van der Waals surface area contributed by atoms with E-state index in [1.807, 2.05) is 13.0 Å². The highest BCUT2D eigenvalue weighted by Crippen LogP contribution is 2.35. The lowest BCUT2D eigenvalue weighted by atomic mass is 10.1. The molecule has 1 fully saturated rings. The fourth-order valence-corrected chi connectivity index (χ4v) is 3.27. The molecule has 0 aromatic carbocycles. The number of rotatable bonds is 3. The maximum atomic E-state index is 14.0. The van der Waals surface area contributed by atoms with Crippen LogP contribution in [-0.2, 0) is 16.0 Å². The maximum Gasteiger partial charge on any atom is 0.490 e. The number of alkyl halides is 7. The molecule has 0 bridgehead atoms. The molecule has 0 radical (unpaired) electrons. The lowest BCUT2D eigenvalue weighted by Crippen LogP contribution is -2.55. The Morgan fingerprint density at radius 1 is 1.12 bits per heavy atom. The Labute approximate surface area is 184 Å². The molecule has 0 amide bonds. The van der Waals surface area contributed by atoms with Gasteiger partial charge in [0.15, 0.2) is 0 Å². The van der Waals surface area contributed by atoms with E-state index in [1.165, 1.54) is 5.56 Å². The van der Waals surface area contributed by atoms with Crippen LogP contribution in [0.5, 0.6) is 0 Å². The van der Waals surface area contributed by atoms with Crippen molar-refractivity contribution in [3.63, 3.8) is 0 Å². The minimum absolute atomic E-state index is 0.437. The van der Waals surface area contributed by atoms with Crippen molar-refractivity contribution in [1.29, 1.82) is 0 Å². The highest BCUT2D eigenvalue weighted by atomic mass is 19.4. The minimum Gasteiger partial charge on any atom is -0.475 e. The molecule has 188 valence electrons. The van der Waals surface area contributed by atoms with Crippen molar-refractivity contribution < 1.29 is 50.5 Å². The van der Waals surface area contributed by atoms with Gasteiger partial charge in [-0.05, 0) is 31.4 Å². The van der Waals surface area contributed by atoms with Crippen molar-refractivity contribution in [3.05, 3.63) is 23.4 Å². The SMILES string of the molecule is CCCC(F)c1ccc2c(n1)N1[C@@H](CNC[C@H]1C)C2.O=C(O)C(F)(F)F.O=C(O)C(F)(F)F. The lowest BCUT2D eigenvalue weighted by Gasteiger charge is -2.37. The Morgan fingerprint density at radius 2 is 1.64 bits per heavy atom. The number of anilines is 1. The molecule has 7 nitrogen and oxygen atoms in total. The summed E-state index contributed by atoms with van der Waals surface area (Å²) < 4.78 is 77.5. The van der Waals surface area contributed by atoms with Gasteiger partial charge in [-0.2, -0.15) is 26.3 Å². The summed E-state index contributed by atoms with van der Waals surface area (Å²) in [6.07, 6.45) is -8.64. The average Bonchev–Trinajstić information content (AvgIpc) is 3.06. The quantitative estimate of drug-likeness (QED) is 0.552. The van der Waals surface area contributed by atoms with Crippen LogP contribution in [0.25, 0.3) is 0 Å². The largest absolute Gasteiger partial charge is 0.490 e. The number of carboxylic acid groups (broad SMARTS) is 2. The number of nitrogens with zero attached hydrogens (tertiary/aromatic N) is 2. The molecular formula is C19H24F7N3O4. The first-order chi connectivity index (χ1) is 15.1. The van der Waals surface area contributed by atoms with Crippen molar-refractivity contribution in [2.24, 2.45) is 0 Å². The molecule has 0 spiro atoms. The second-order valence-electron chi connectivity index (χ2n) is 7.35. The van der Waals surface area contributed by atoms with Gasteiger partial charge in [-0.1, -0.05) is 19.4 Å². The summed E-state index contributed by atoms with van der Waals surface area (Å²) in [6.45, 7) is 6.20. The summed E-state index contributed by atoms with van der Waals surface area (Å²) in [5.41, 5.74) is 1.87. The number of carbonyl (C=O) groups is 2. The molecule has 3 N–H and O–H groups in total. The second kappa shape index (κ2) is 11.5. The van der Waals surface area contributed by atoms with Gasteiger partial charge in [-0.15, -0.1) is 0 Å². The van der Waals surface area contributed by atoms with Crippen LogP contribution in [0.3, 0.4) is 0 Å². The summed E-state index contributed by atoms with van der Waals surface area (Å²) in [7, 11) is 0. The molecule has 14 heteroatoms. The van der Waals surface area contributed by atoms with E-state index in [2.05, 4.69) is 28.2 Å². The molecule has 2 aliphatic heterocycles. The van der Waals surface area contributed by atoms with Crippen molar-refractivity contribution in [3.8, 4) is 0 Å². The van der Waals surface area contributed by atoms with E-state index in [9.17, 15) is 30.7 Å². The number of aromatic nitrogens is 1. The first kappa shape index (κ1) is 28.4. The lowest BCUT2D eigenvalue weighted by molar-refractivity contribution is -0.193. The minimum atomic E-state index is -5.08. The molecular weight excluding hydrogens is 467 g/mol. The maximum absolute atomic E-state index is 14.0. The van der Waals surface area contributed by atoms with Crippen LogP contribution in [0.2, 0.25) is 0 Å². The Kier molecular flexibility index (Phi) is 9.87. The smallest absolute Gasteiger partial charge is 0.475 e. The number of hydrogen-bond acceptors (Lipinski definition) is 5. The molecule has 0 aliphatic carbocycles. The van der Waals surface area contributed by atoms with Crippen LogP contribution in [0, 0.1) is 0 Å². The summed E-state index contributed by atoms with van der Waals surface area (Å²) >= 11 is 0. The molecule has 0 saturated carbocycles. The van der Waals surface area contributed by atoms with Crippen LogP contribution >= 0.6 is 0 Å². The zero-order chi connectivity index (χ0) is 25.6. The van der Waals surface area contributed by atoms with Crippen LogP contribution < -0.4 is 10.2 Å². The Balaban J connectivity index is 0.000000324. The van der Waals surface area contributed by atoms with Crippen LogP contribution in [-0.4, -0.2) is 64.7 Å². The van der Waals surface area contributed by atoms with E-state index in [0.717, 1.165) is 31.7 Å². The molecule has 1 unspecified atom stereocenters. The van der Waals surface area contributed by atoms with E-state index < -0.39 is 30.5 Å². The molecule has 3 heterocycles. The molecule has 1 saturated heterocycles. The first-order valence-corrected chi connectivity index (χ1v) is 9.82.